The van der Waals surface area contributed by atoms with Crippen molar-refractivity contribution >= 4 is 0 Å². The second kappa shape index (κ2) is 15.8. The van der Waals surface area contributed by atoms with Gasteiger partial charge in [-0.05, 0) is 124 Å². The third-order valence-electron chi connectivity index (χ3n) is 9.75. The molecule has 0 aromatic heterocycles. The van der Waals surface area contributed by atoms with Crippen molar-refractivity contribution < 1.29 is 27.0 Å². The van der Waals surface area contributed by atoms with Crippen LogP contribution in [0.1, 0.15) is 103 Å². The normalized spacial score (nSPS) is 25.0. The van der Waals surface area contributed by atoms with Crippen molar-refractivity contribution in [3.05, 3.63) is 53.6 Å². The summed E-state index contributed by atoms with van der Waals surface area (Å²) >= 11 is 0. The molecule has 3 saturated carbocycles. The Hall–Kier alpha value is -2.08. The smallest absolute Gasteiger partial charge is 0.400 e. The van der Waals surface area contributed by atoms with Gasteiger partial charge >= 0.3 is 6.11 Å². The predicted molar refractivity (Wildman–Crippen MR) is 166 cm³/mol. The Morgan fingerprint density at radius 1 is 0.814 bits per heavy atom. The highest BCUT2D eigenvalue weighted by molar-refractivity contribution is 5.65. The van der Waals surface area contributed by atoms with Gasteiger partial charge in [0.2, 0.25) is 0 Å². The van der Waals surface area contributed by atoms with E-state index in [1.807, 2.05) is 0 Å². The van der Waals surface area contributed by atoms with Gasteiger partial charge in [-0.15, -0.1) is 0 Å². The molecule has 1 unspecified atom stereocenters. The molecule has 240 valence electrons. The molecule has 3 aliphatic carbocycles. The molecule has 2 aromatic rings. The predicted octanol–water partition coefficient (Wildman–Crippen LogP) is 11.4. The molecule has 2 nitrogen and oxygen atoms in total. The SMILES string of the molecule is CCC.Cc1ccc(-c2ccc(OC(F)(F)C3CCC(CC(COCC4CC4)C4CCC(C)CC4)CC3)cc2F)cc1F. The second-order valence-corrected chi connectivity index (χ2v) is 13.7. The maximum Gasteiger partial charge on any atom is 0.400 e. The van der Waals surface area contributed by atoms with Gasteiger partial charge in [-0.3, -0.25) is 0 Å². The lowest BCUT2D eigenvalue weighted by atomic mass is 9.71. The van der Waals surface area contributed by atoms with Crippen LogP contribution >= 0.6 is 0 Å². The minimum Gasteiger partial charge on any atom is -0.432 e. The van der Waals surface area contributed by atoms with Crippen LogP contribution in [0.25, 0.3) is 11.1 Å². The van der Waals surface area contributed by atoms with E-state index in [2.05, 4.69) is 20.8 Å². The summed E-state index contributed by atoms with van der Waals surface area (Å²) in [6.07, 6.45) is 8.92. The summed E-state index contributed by atoms with van der Waals surface area (Å²) in [4.78, 5) is 0. The highest BCUT2D eigenvalue weighted by Gasteiger charge is 2.44. The van der Waals surface area contributed by atoms with Crippen molar-refractivity contribution in [3.63, 3.8) is 0 Å². The monoisotopic (exact) mass is 604 g/mol. The summed E-state index contributed by atoms with van der Waals surface area (Å²) in [5, 5.41) is 0. The van der Waals surface area contributed by atoms with Crippen LogP contribution in [-0.4, -0.2) is 19.3 Å². The highest BCUT2D eigenvalue weighted by Crippen LogP contribution is 2.44. The summed E-state index contributed by atoms with van der Waals surface area (Å²) < 4.78 is 70.4. The van der Waals surface area contributed by atoms with E-state index in [0.717, 1.165) is 50.4 Å². The van der Waals surface area contributed by atoms with Gasteiger partial charge in [-0.2, -0.15) is 8.78 Å². The van der Waals surface area contributed by atoms with Crippen molar-refractivity contribution in [3.8, 4) is 16.9 Å². The number of rotatable bonds is 11. The average molecular weight is 605 g/mol. The van der Waals surface area contributed by atoms with Gasteiger partial charge in [0.05, 0.1) is 5.92 Å². The number of hydrogen-bond acceptors (Lipinski definition) is 2. The first-order valence-corrected chi connectivity index (χ1v) is 16.8. The third kappa shape index (κ3) is 9.96. The number of ether oxygens (including phenoxy) is 2. The van der Waals surface area contributed by atoms with Gasteiger partial charge in [-0.1, -0.05) is 52.2 Å². The van der Waals surface area contributed by atoms with Crippen LogP contribution in [0.3, 0.4) is 0 Å². The second-order valence-electron chi connectivity index (χ2n) is 13.7. The van der Waals surface area contributed by atoms with Crippen LogP contribution < -0.4 is 4.74 Å². The molecular weight excluding hydrogens is 552 g/mol. The summed E-state index contributed by atoms with van der Waals surface area (Å²) in [5.41, 5.74) is 0.967. The standard InChI is InChI=1S/C34H44F4O2.C3H8/c1-22-3-10-26(11-4-22)28(21-39-20-25-6-7-25)17-24-8-13-29(14-9-24)34(37,38)40-30-15-16-31(33(36)19-30)27-12-5-23(2)32(35)18-27;1-3-2/h5,12,15-16,18-19,22,24-26,28-29H,3-4,6-11,13-14,17,20-21H2,1-2H3;3H2,1-2H3. The number of benzene rings is 2. The minimum atomic E-state index is -3.37. The number of hydrogen-bond donors (Lipinski definition) is 0. The Morgan fingerprint density at radius 3 is 2.07 bits per heavy atom. The largest absolute Gasteiger partial charge is 0.432 e. The van der Waals surface area contributed by atoms with E-state index in [1.54, 1.807) is 19.1 Å². The molecule has 0 spiro atoms. The summed E-state index contributed by atoms with van der Waals surface area (Å²) in [7, 11) is 0. The van der Waals surface area contributed by atoms with E-state index < -0.39 is 23.7 Å². The average Bonchev–Trinajstić information content (AvgIpc) is 3.80. The topological polar surface area (TPSA) is 18.5 Å². The summed E-state index contributed by atoms with van der Waals surface area (Å²) in [6.45, 7) is 9.90. The van der Waals surface area contributed by atoms with E-state index in [1.165, 1.54) is 63.1 Å². The summed E-state index contributed by atoms with van der Waals surface area (Å²) in [6, 6.07) is 8.12. The van der Waals surface area contributed by atoms with Gasteiger partial charge in [0, 0.05) is 24.8 Å². The van der Waals surface area contributed by atoms with Crippen molar-refractivity contribution in [1.29, 1.82) is 0 Å². The van der Waals surface area contributed by atoms with E-state index in [-0.39, 0.29) is 11.3 Å². The zero-order chi connectivity index (χ0) is 31.0. The van der Waals surface area contributed by atoms with Crippen LogP contribution in [0.2, 0.25) is 0 Å². The zero-order valence-corrected chi connectivity index (χ0v) is 26.7. The number of aryl methyl sites for hydroxylation is 1. The Balaban J connectivity index is 0.00000135. The Morgan fingerprint density at radius 2 is 1.47 bits per heavy atom. The molecule has 0 aliphatic heterocycles. The molecule has 2 aromatic carbocycles. The molecule has 1 atom stereocenters. The van der Waals surface area contributed by atoms with E-state index in [0.29, 0.717) is 41.7 Å². The maximum absolute atomic E-state index is 15.2. The first-order chi connectivity index (χ1) is 20.6. The molecule has 3 aliphatic rings. The van der Waals surface area contributed by atoms with Crippen LogP contribution in [0, 0.1) is 54.1 Å². The van der Waals surface area contributed by atoms with Gasteiger partial charge in [0.15, 0.2) is 0 Å². The van der Waals surface area contributed by atoms with Crippen LogP contribution in [0.5, 0.6) is 5.75 Å². The van der Waals surface area contributed by atoms with Crippen molar-refractivity contribution in [2.75, 3.05) is 13.2 Å². The summed E-state index contributed by atoms with van der Waals surface area (Å²) in [5.74, 6) is 0.945. The number of halogens is 4. The van der Waals surface area contributed by atoms with E-state index >= 15 is 8.78 Å². The Kier molecular flexibility index (Phi) is 12.4. The van der Waals surface area contributed by atoms with Crippen molar-refractivity contribution in [1.82, 2.24) is 0 Å². The van der Waals surface area contributed by atoms with Crippen LogP contribution in [0.4, 0.5) is 17.6 Å². The fourth-order valence-corrected chi connectivity index (χ4v) is 6.78. The van der Waals surface area contributed by atoms with Gasteiger partial charge in [0.1, 0.15) is 17.4 Å². The van der Waals surface area contributed by atoms with E-state index in [4.69, 9.17) is 9.47 Å². The lowest BCUT2D eigenvalue weighted by molar-refractivity contribution is -0.223. The van der Waals surface area contributed by atoms with Gasteiger partial charge in [-0.25, -0.2) is 8.78 Å². The first-order valence-electron chi connectivity index (χ1n) is 16.8. The van der Waals surface area contributed by atoms with Crippen LogP contribution in [0.15, 0.2) is 36.4 Å². The van der Waals surface area contributed by atoms with Crippen molar-refractivity contribution in [2.45, 2.75) is 111 Å². The fraction of sp³-hybridized carbons (Fsp3) is 0.676. The molecule has 0 N–H and O–H groups in total. The molecule has 0 radical (unpaired) electrons. The maximum atomic E-state index is 15.2. The van der Waals surface area contributed by atoms with Gasteiger partial charge < -0.3 is 9.47 Å². The minimum absolute atomic E-state index is 0.151. The zero-order valence-electron chi connectivity index (χ0n) is 26.7. The number of alkyl halides is 2. The molecule has 0 bridgehead atoms. The Bertz CT molecular complexity index is 1130. The molecule has 6 heteroatoms. The molecule has 5 rings (SSSR count). The molecular formula is C37H52F4O2. The van der Waals surface area contributed by atoms with Crippen LogP contribution in [-0.2, 0) is 4.74 Å². The lowest BCUT2D eigenvalue weighted by Crippen LogP contribution is -2.37. The molecule has 0 heterocycles. The third-order valence-corrected chi connectivity index (χ3v) is 9.75. The fourth-order valence-electron chi connectivity index (χ4n) is 6.78. The first kappa shape index (κ1) is 33.8. The van der Waals surface area contributed by atoms with Crippen molar-refractivity contribution in [2.24, 2.45) is 35.5 Å². The highest BCUT2D eigenvalue weighted by atomic mass is 19.3. The molecule has 43 heavy (non-hydrogen) atoms. The van der Waals surface area contributed by atoms with E-state index in [9.17, 15) is 8.78 Å². The molecule has 0 saturated heterocycles. The Labute approximate surface area is 256 Å². The van der Waals surface area contributed by atoms with Gasteiger partial charge in [0.25, 0.3) is 0 Å². The molecule has 3 fully saturated rings. The molecule has 0 amide bonds. The lowest BCUT2D eigenvalue weighted by Gasteiger charge is -2.37. The quantitative estimate of drug-likeness (QED) is 0.238.